The number of hydrogen-bond acceptors (Lipinski definition) is 4. The number of aliphatic hydroxyl groups excluding tert-OH is 1. The van der Waals surface area contributed by atoms with E-state index in [0.717, 1.165) is 31.7 Å². The summed E-state index contributed by atoms with van der Waals surface area (Å²) in [6, 6.07) is 4.88. The van der Waals surface area contributed by atoms with Crippen LogP contribution in [0.25, 0.3) is 0 Å². The Kier molecular flexibility index (Phi) is 5.61. The number of nitrogens with one attached hydrogen (secondary N) is 1. The number of aliphatic hydroxyl groups is 1. The molecule has 1 aliphatic heterocycles. The Hall–Kier alpha value is -1.13. The molecular formula is C15H25N3O. The molecule has 1 aliphatic rings. The van der Waals surface area contributed by atoms with Gasteiger partial charge in [-0.3, -0.25) is 4.90 Å². The van der Waals surface area contributed by atoms with Crippen molar-refractivity contribution in [2.45, 2.75) is 45.2 Å². The summed E-state index contributed by atoms with van der Waals surface area (Å²) in [5.41, 5.74) is 1.32. The van der Waals surface area contributed by atoms with E-state index in [9.17, 15) is 0 Å². The van der Waals surface area contributed by atoms with Crippen LogP contribution in [0.2, 0.25) is 0 Å². The average molecular weight is 263 g/mol. The van der Waals surface area contributed by atoms with Crippen LogP contribution >= 0.6 is 0 Å². The predicted molar refractivity (Wildman–Crippen MR) is 78.2 cm³/mol. The van der Waals surface area contributed by atoms with Gasteiger partial charge in [0.05, 0.1) is 0 Å². The van der Waals surface area contributed by atoms with E-state index in [-0.39, 0.29) is 0 Å². The van der Waals surface area contributed by atoms with Crippen molar-refractivity contribution in [2.75, 3.05) is 25.0 Å². The molecular weight excluding hydrogens is 238 g/mol. The monoisotopic (exact) mass is 263 g/mol. The topological polar surface area (TPSA) is 48.4 Å². The van der Waals surface area contributed by atoms with E-state index in [4.69, 9.17) is 5.11 Å². The second-order valence-corrected chi connectivity index (χ2v) is 5.21. The van der Waals surface area contributed by atoms with Gasteiger partial charge in [0, 0.05) is 31.9 Å². The van der Waals surface area contributed by atoms with Crippen LogP contribution in [0.4, 0.5) is 5.82 Å². The summed E-state index contributed by atoms with van der Waals surface area (Å²) < 4.78 is 0. The second kappa shape index (κ2) is 7.46. The van der Waals surface area contributed by atoms with Gasteiger partial charge < -0.3 is 10.4 Å². The molecule has 19 heavy (non-hydrogen) atoms. The van der Waals surface area contributed by atoms with Gasteiger partial charge in [-0.05, 0) is 56.8 Å². The first-order valence-corrected chi connectivity index (χ1v) is 7.37. The van der Waals surface area contributed by atoms with E-state index < -0.39 is 0 Å². The van der Waals surface area contributed by atoms with Gasteiger partial charge in [-0.25, -0.2) is 4.98 Å². The van der Waals surface area contributed by atoms with E-state index >= 15 is 0 Å². The molecule has 0 spiro atoms. The van der Waals surface area contributed by atoms with Crippen molar-refractivity contribution in [1.29, 1.82) is 0 Å². The zero-order valence-electron chi connectivity index (χ0n) is 11.8. The summed E-state index contributed by atoms with van der Waals surface area (Å²) in [4.78, 5) is 6.85. The highest BCUT2D eigenvalue weighted by Crippen LogP contribution is 2.23. The molecule has 1 unspecified atom stereocenters. The first kappa shape index (κ1) is 14.3. The summed E-state index contributed by atoms with van der Waals surface area (Å²) in [7, 11) is 0. The number of rotatable bonds is 7. The zero-order valence-corrected chi connectivity index (χ0v) is 11.8. The highest BCUT2D eigenvalue weighted by atomic mass is 16.2. The maximum absolute atomic E-state index is 8.96. The highest BCUT2D eigenvalue weighted by Gasteiger charge is 2.23. The lowest BCUT2D eigenvalue weighted by Crippen LogP contribution is -2.29. The van der Waals surface area contributed by atoms with Gasteiger partial charge in [-0.1, -0.05) is 0 Å². The van der Waals surface area contributed by atoms with E-state index in [1.807, 2.05) is 6.20 Å². The van der Waals surface area contributed by atoms with Crippen LogP contribution in [-0.2, 0) is 6.54 Å². The molecule has 0 saturated carbocycles. The quantitative estimate of drug-likeness (QED) is 0.792. The zero-order chi connectivity index (χ0) is 13.5. The summed E-state index contributed by atoms with van der Waals surface area (Å²) in [5, 5.41) is 12.2. The number of aromatic nitrogens is 1. The molecule has 0 bridgehead atoms. The molecule has 0 amide bonds. The molecule has 2 heterocycles. The molecule has 4 nitrogen and oxygen atoms in total. The van der Waals surface area contributed by atoms with Crippen molar-refractivity contribution in [3.63, 3.8) is 0 Å². The molecule has 4 heteroatoms. The Labute approximate surface area is 115 Å². The first-order chi connectivity index (χ1) is 9.33. The number of pyridine rings is 1. The molecule has 0 aliphatic carbocycles. The van der Waals surface area contributed by atoms with Crippen molar-refractivity contribution in [3.05, 3.63) is 23.9 Å². The average Bonchev–Trinajstić information content (AvgIpc) is 2.84. The fourth-order valence-corrected chi connectivity index (χ4v) is 2.84. The summed E-state index contributed by atoms with van der Waals surface area (Å²) >= 11 is 0. The molecule has 1 atom stereocenters. The first-order valence-electron chi connectivity index (χ1n) is 7.37. The number of anilines is 1. The van der Waals surface area contributed by atoms with E-state index in [1.54, 1.807) is 0 Å². The van der Waals surface area contributed by atoms with Crippen molar-refractivity contribution in [2.24, 2.45) is 0 Å². The van der Waals surface area contributed by atoms with Gasteiger partial charge in [0.15, 0.2) is 0 Å². The lowest BCUT2D eigenvalue weighted by molar-refractivity contribution is 0.210. The second-order valence-electron chi connectivity index (χ2n) is 5.21. The van der Waals surface area contributed by atoms with Gasteiger partial charge in [0.1, 0.15) is 5.82 Å². The Morgan fingerprint density at radius 1 is 1.53 bits per heavy atom. The Bertz CT molecular complexity index is 383. The molecule has 1 saturated heterocycles. The third kappa shape index (κ3) is 4.18. The lowest BCUT2D eigenvalue weighted by Gasteiger charge is -2.24. The van der Waals surface area contributed by atoms with Crippen LogP contribution in [0.5, 0.6) is 0 Å². The largest absolute Gasteiger partial charge is 0.396 e. The molecule has 1 aromatic rings. The minimum atomic E-state index is 0.310. The third-order valence-electron chi connectivity index (χ3n) is 3.76. The van der Waals surface area contributed by atoms with Crippen molar-refractivity contribution >= 4 is 5.82 Å². The number of hydrogen-bond donors (Lipinski definition) is 2. The van der Waals surface area contributed by atoms with Crippen LogP contribution in [0.1, 0.15) is 38.2 Å². The SMILES string of the molecule is CCNc1cc(CN2CCCC2CCCO)ccn1. The van der Waals surface area contributed by atoms with Crippen LogP contribution in [-0.4, -0.2) is 40.7 Å². The lowest BCUT2D eigenvalue weighted by atomic mass is 10.1. The van der Waals surface area contributed by atoms with E-state index in [2.05, 4.69) is 34.3 Å². The van der Waals surface area contributed by atoms with Gasteiger partial charge in [-0.2, -0.15) is 0 Å². The molecule has 1 aromatic heterocycles. The summed E-state index contributed by atoms with van der Waals surface area (Å²) in [6.07, 6.45) is 6.46. The summed E-state index contributed by atoms with van der Waals surface area (Å²) in [6.45, 7) is 5.47. The molecule has 1 fully saturated rings. The Morgan fingerprint density at radius 3 is 3.21 bits per heavy atom. The summed E-state index contributed by atoms with van der Waals surface area (Å²) in [5.74, 6) is 0.964. The number of likely N-dealkylation sites (tertiary alicyclic amines) is 1. The smallest absolute Gasteiger partial charge is 0.126 e. The van der Waals surface area contributed by atoms with Gasteiger partial charge in [0.2, 0.25) is 0 Å². The fourth-order valence-electron chi connectivity index (χ4n) is 2.84. The van der Waals surface area contributed by atoms with Crippen molar-refractivity contribution in [1.82, 2.24) is 9.88 Å². The van der Waals surface area contributed by atoms with Crippen LogP contribution in [0, 0.1) is 0 Å². The maximum Gasteiger partial charge on any atom is 0.126 e. The molecule has 2 N–H and O–H groups in total. The fraction of sp³-hybridized carbons (Fsp3) is 0.667. The van der Waals surface area contributed by atoms with Crippen molar-refractivity contribution in [3.8, 4) is 0 Å². The van der Waals surface area contributed by atoms with E-state index in [0.29, 0.717) is 12.6 Å². The van der Waals surface area contributed by atoms with Gasteiger partial charge in [-0.15, -0.1) is 0 Å². The molecule has 0 radical (unpaired) electrons. The van der Waals surface area contributed by atoms with Crippen LogP contribution < -0.4 is 5.32 Å². The third-order valence-corrected chi connectivity index (χ3v) is 3.76. The van der Waals surface area contributed by atoms with Crippen LogP contribution in [0.15, 0.2) is 18.3 Å². The van der Waals surface area contributed by atoms with Crippen molar-refractivity contribution < 1.29 is 5.11 Å². The van der Waals surface area contributed by atoms with Crippen LogP contribution in [0.3, 0.4) is 0 Å². The van der Waals surface area contributed by atoms with Gasteiger partial charge in [0.25, 0.3) is 0 Å². The number of nitrogens with zero attached hydrogens (tertiary/aromatic N) is 2. The normalized spacial score (nSPS) is 19.8. The highest BCUT2D eigenvalue weighted by molar-refractivity contribution is 5.37. The predicted octanol–water partition coefficient (Wildman–Crippen LogP) is 2.25. The minimum absolute atomic E-state index is 0.310. The molecule has 0 aromatic carbocycles. The minimum Gasteiger partial charge on any atom is -0.396 e. The Morgan fingerprint density at radius 2 is 2.42 bits per heavy atom. The van der Waals surface area contributed by atoms with E-state index in [1.165, 1.54) is 24.9 Å². The maximum atomic E-state index is 8.96. The van der Waals surface area contributed by atoms with Gasteiger partial charge >= 0.3 is 0 Å². The molecule has 106 valence electrons. The molecule has 2 rings (SSSR count). The Balaban J connectivity index is 1.93. The standard InChI is InChI=1S/C15H25N3O/c1-2-16-15-11-13(7-8-17-15)12-18-9-3-5-14(18)6-4-10-19/h7-8,11,14,19H,2-6,9-10,12H2,1H3,(H,16,17).